The maximum atomic E-state index is 5.67. The monoisotopic (exact) mass is 259 g/mol. The molecule has 1 aromatic carbocycles. The largest absolute Gasteiger partial charge is 0.491 e. The van der Waals surface area contributed by atoms with Crippen LogP contribution in [0.15, 0.2) is 34.7 Å². The average molecular weight is 259 g/mol. The van der Waals surface area contributed by atoms with Gasteiger partial charge in [0.15, 0.2) is 0 Å². The van der Waals surface area contributed by atoms with Gasteiger partial charge in [-0.15, -0.1) is 0 Å². The van der Waals surface area contributed by atoms with Gasteiger partial charge in [-0.2, -0.15) is 0 Å². The van der Waals surface area contributed by atoms with Crippen LogP contribution in [0.5, 0.6) is 5.75 Å². The molecule has 0 aliphatic heterocycles. The van der Waals surface area contributed by atoms with Crippen LogP contribution < -0.4 is 10.1 Å². The van der Waals surface area contributed by atoms with Crippen molar-refractivity contribution >= 4 is 5.69 Å². The van der Waals surface area contributed by atoms with Gasteiger partial charge in [0.1, 0.15) is 17.3 Å². The van der Waals surface area contributed by atoms with Crippen molar-refractivity contribution in [2.45, 2.75) is 40.3 Å². The number of anilines is 1. The molecule has 102 valence electrons. The Labute approximate surface area is 114 Å². The molecule has 2 rings (SSSR count). The topological polar surface area (TPSA) is 34.4 Å². The third-order valence-electron chi connectivity index (χ3n) is 2.82. The summed E-state index contributed by atoms with van der Waals surface area (Å²) in [4.78, 5) is 0. The summed E-state index contributed by atoms with van der Waals surface area (Å²) < 4.78 is 11.2. The van der Waals surface area contributed by atoms with Gasteiger partial charge in [-0.25, -0.2) is 0 Å². The van der Waals surface area contributed by atoms with Crippen LogP contribution in [0.3, 0.4) is 0 Å². The normalized spacial score (nSPS) is 10.8. The zero-order chi connectivity index (χ0) is 13.8. The molecular formula is C16H21NO2. The first-order chi connectivity index (χ1) is 9.04. The molecule has 2 aromatic rings. The number of hydrogen-bond donors (Lipinski definition) is 1. The molecule has 0 atom stereocenters. The van der Waals surface area contributed by atoms with Gasteiger partial charge in [0, 0.05) is 5.69 Å². The molecule has 0 aliphatic carbocycles. The summed E-state index contributed by atoms with van der Waals surface area (Å²) in [6.07, 6.45) is 0.198. The molecule has 1 heterocycles. The summed E-state index contributed by atoms with van der Waals surface area (Å²) in [6, 6.07) is 10.1. The number of rotatable bonds is 5. The molecule has 0 spiro atoms. The quantitative estimate of drug-likeness (QED) is 0.869. The predicted octanol–water partition coefficient (Wildman–Crippen LogP) is 4.30. The molecule has 0 fully saturated rings. The standard InChI is InChI=1S/C16H21NO2/c1-11(2)18-14-7-8-16(12(3)9-14)17-10-15-6-5-13(4)19-15/h5-9,11,17H,10H2,1-4H3. The molecule has 0 aliphatic rings. The Balaban J connectivity index is 2.00. The van der Waals surface area contributed by atoms with Crippen molar-refractivity contribution in [1.82, 2.24) is 0 Å². The van der Waals surface area contributed by atoms with E-state index in [2.05, 4.69) is 18.3 Å². The van der Waals surface area contributed by atoms with E-state index >= 15 is 0 Å². The molecule has 0 bridgehead atoms. The number of furan rings is 1. The molecule has 0 amide bonds. The summed E-state index contributed by atoms with van der Waals surface area (Å²) in [5, 5.41) is 3.37. The lowest BCUT2D eigenvalue weighted by molar-refractivity contribution is 0.242. The molecule has 0 radical (unpaired) electrons. The number of nitrogens with one attached hydrogen (secondary N) is 1. The van der Waals surface area contributed by atoms with E-state index in [1.165, 1.54) is 5.56 Å². The number of hydrogen-bond acceptors (Lipinski definition) is 3. The van der Waals surface area contributed by atoms with Gasteiger partial charge in [-0.05, 0) is 63.6 Å². The Morgan fingerprint density at radius 3 is 2.53 bits per heavy atom. The first-order valence-corrected chi connectivity index (χ1v) is 6.61. The fraction of sp³-hybridized carbons (Fsp3) is 0.375. The van der Waals surface area contributed by atoms with Gasteiger partial charge in [0.05, 0.1) is 12.6 Å². The zero-order valence-electron chi connectivity index (χ0n) is 12.0. The lowest BCUT2D eigenvalue weighted by Gasteiger charge is -2.13. The molecule has 0 saturated heterocycles. The van der Waals surface area contributed by atoms with E-state index in [1.807, 2.05) is 45.0 Å². The molecule has 1 aromatic heterocycles. The predicted molar refractivity (Wildman–Crippen MR) is 77.7 cm³/mol. The highest BCUT2D eigenvalue weighted by molar-refractivity contribution is 5.53. The summed E-state index contributed by atoms with van der Waals surface area (Å²) in [7, 11) is 0. The molecular weight excluding hydrogens is 238 g/mol. The summed E-state index contributed by atoms with van der Waals surface area (Å²) in [6.45, 7) is 8.77. The average Bonchev–Trinajstić information content (AvgIpc) is 2.73. The van der Waals surface area contributed by atoms with Crippen molar-refractivity contribution in [2.75, 3.05) is 5.32 Å². The highest BCUT2D eigenvalue weighted by Gasteiger charge is 2.04. The minimum Gasteiger partial charge on any atom is -0.491 e. The Hall–Kier alpha value is -1.90. The first-order valence-electron chi connectivity index (χ1n) is 6.61. The van der Waals surface area contributed by atoms with Crippen LogP contribution in [-0.4, -0.2) is 6.10 Å². The second kappa shape index (κ2) is 5.83. The van der Waals surface area contributed by atoms with Crippen molar-refractivity contribution < 1.29 is 9.15 Å². The Morgan fingerprint density at radius 2 is 1.95 bits per heavy atom. The second-order valence-corrected chi connectivity index (χ2v) is 5.01. The van der Waals surface area contributed by atoms with Crippen LogP contribution in [0.2, 0.25) is 0 Å². The zero-order valence-corrected chi connectivity index (χ0v) is 12.0. The van der Waals surface area contributed by atoms with Crippen LogP contribution in [0.4, 0.5) is 5.69 Å². The van der Waals surface area contributed by atoms with E-state index in [-0.39, 0.29) is 6.10 Å². The molecule has 1 N–H and O–H groups in total. The van der Waals surface area contributed by atoms with Crippen LogP contribution in [0.1, 0.15) is 30.9 Å². The van der Waals surface area contributed by atoms with Crippen LogP contribution >= 0.6 is 0 Å². The molecule has 3 nitrogen and oxygen atoms in total. The number of ether oxygens (including phenoxy) is 1. The van der Waals surface area contributed by atoms with Crippen LogP contribution in [-0.2, 0) is 6.54 Å². The summed E-state index contributed by atoms with van der Waals surface area (Å²) in [5.41, 5.74) is 2.27. The Kier molecular flexibility index (Phi) is 4.15. The first kappa shape index (κ1) is 13.5. The van der Waals surface area contributed by atoms with Crippen molar-refractivity contribution in [3.05, 3.63) is 47.4 Å². The van der Waals surface area contributed by atoms with Crippen molar-refractivity contribution in [3.8, 4) is 5.75 Å². The van der Waals surface area contributed by atoms with E-state index in [9.17, 15) is 0 Å². The smallest absolute Gasteiger partial charge is 0.123 e. The van der Waals surface area contributed by atoms with E-state index in [4.69, 9.17) is 9.15 Å². The third-order valence-corrected chi connectivity index (χ3v) is 2.82. The Bertz CT molecular complexity index is 543. The van der Waals surface area contributed by atoms with Crippen molar-refractivity contribution in [3.63, 3.8) is 0 Å². The van der Waals surface area contributed by atoms with Gasteiger partial charge < -0.3 is 14.5 Å². The van der Waals surface area contributed by atoms with Crippen LogP contribution in [0, 0.1) is 13.8 Å². The highest BCUT2D eigenvalue weighted by Crippen LogP contribution is 2.23. The SMILES string of the molecule is Cc1ccc(CNc2ccc(OC(C)C)cc2C)o1. The van der Waals surface area contributed by atoms with Gasteiger partial charge in [0.2, 0.25) is 0 Å². The van der Waals surface area contributed by atoms with Gasteiger partial charge in [0.25, 0.3) is 0 Å². The fourth-order valence-corrected chi connectivity index (χ4v) is 1.94. The maximum Gasteiger partial charge on any atom is 0.123 e. The van der Waals surface area contributed by atoms with Crippen molar-refractivity contribution in [2.24, 2.45) is 0 Å². The van der Waals surface area contributed by atoms with E-state index < -0.39 is 0 Å². The molecule has 19 heavy (non-hydrogen) atoms. The summed E-state index contributed by atoms with van der Waals surface area (Å²) >= 11 is 0. The fourth-order valence-electron chi connectivity index (χ4n) is 1.94. The number of aryl methyl sites for hydroxylation is 2. The molecule has 0 saturated carbocycles. The lowest BCUT2D eigenvalue weighted by Crippen LogP contribution is -2.06. The minimum absolute atomic E-state index is 0.198. The third kappa shape index (κ3) is 3.78. The van der Waals surface area contributed by atoms with Gasteiger partial charge in [-0.1, -0.05) is 0 Å². The highest BCUT2D eigenvalue weighted by atomic mass is 16.5. The molecule has 3 heteroatoms. The van der Waals surface area contributed by atoms with Crippen molar-refractivity contribution in [1.29, 1.82) is 0 Å². The lowest BCUT2D eigenvalue weighted by atomic mass is 10.2. The van der Waals surface area contributed by atoms with Gasteiger partial charge >= 0.3 is 0 Å². The second-order valence-electron chi connectivity index (χ2n) is 5.01. The molecule has 0 unspecified atom stereocenters. The van der Waals surface area contributed by atoms with Gasteiger partial charge in [-0.3, -0.25) is 0 Å². The van der Waals surface area contributed by atoms with E-state index in [0.717, 1.165) is 23.0 Å². The van der Waals surface area contributed by atoms with Crippen LogP contribution in [0.25, 0.3) is 0 Å². The summed E-state index contributed by atoms with van der Waals surface area (Å²) in [5.74, 6) is 2.79. The van der Waals surface area contributed by atoms with E-state index in [1.54, 1.807) is 0 Å². The number of benzene rings is 1. The minimum atomic E-state index is 0.198. The van der Waals surface area contributed by atoms with E-state index in [0.29, 0.717) is 6.54 Å². The Morgan fingerprint density at radius 1 is 1.16 bits per heavy atom. The maximum absolute atomic E-state index is 5.67.